The number of benzene rings is 1. The van der Waals surface area contributed by atoms with Crippen molar-refractivity contribution >= 4 is 23.2 Å². The van der Waals surface area contributed by atoms with Gasteiger partial charge in [0.25, 0.3) is 0 Å². The fraction of sp³-hybridized carbons (Fsp3) is 0.500. The summed E-state index contributed by atoms with van der Waals surface area (Å²) in [5.74, 6) is 0.240. The van der Waals surface area contributed by atoms with E-state index in [2.05, 4.69) is 43.0 Å². The number of anilines is 1. The standard InChI is InChI=1S/C14H21NOS/c1-11(2)17-14-7-5-13(6-8-14)15(4)10-9-12(3)16/h5-8,11H,9-10H2,1-4H3. The van der Waals surface area contributed by atoms with E-state index >= 15 is 0 Å². The van der Waals surface area contributed by atoms with E-state index in [4.69, 9.17) is 0 Å². The van der Waals surface area contributed by atoms with Crippen molar-refractivity contribution in [3.8, 4) is 0 Å². The van der Waals surface area contributed by atoms with E-state index in [9.17, 15) is 4.79 Å². The normalized spacial score (nSPS) is 10.6. The highest BCUT2D eigenvalue weighted by Crippen LogP contribution is 2.25. The number of nitrogens with zero attached hydrogens (tertiary/aromatic N) is 1. The van der Waals surface area contributed by atoms with Crippen LogP contribution in [0.25, 0.3) is 0 Å². The smallest absolute Gasteiger partial charge is 0.131 e. The van der Waals surface area contributed by atoms with Gasteiger partial charge in [0.15, 0.2) is 0 Å². The molecule has 0 amide bonds. The molecule has 0 heterocycles. The average molecular weight is 251 g/mol. The van der Waals surface area contributed by atoms with E-state index in [1.54, 1.807) is 6.92 Å². The van der Waals surface area contributed by atoms with Gasteiger partial charge in [-0.05, 0) is 31.2 Å². The lowest BCUT2D eigenvalue weighted by Gasteiger charge is -2.19. The zero-order valence-corrected chi connectivity index (χ0v) is 11.9. The first kappa shape index (κ1) is 14.1. The largest absolute Gasteiger partial charge is 0.374 e. The lowest BCUT2D eigenvalue weighted by Crippen LogP contribution is -2.20. The van der Waals surface area contributed by atoms with Crippen molar-refractivity contribution < 1.29 is 4.79 Å². The number of hydrogen-bond donors (Lipinski definition) is 0. The highest BCUT2D eigenvalue weighted by Gasteiger charge is 2.03. The van der Waals surface area contributed by atoms with Crippen LogP contribution in [-0.2, 0) is 4.79 Å². The highest BCUT2D eigenvalue weighted by molar-refractivity contribution is 7.99. The summed E-state index contributed by atoms with van der Waals surface area (Å²) < 4.78 is 0. The Hall–Kier alpha value is -0.960. The Balaban J connectivity index is 2.57. The number of carbonyl (C=O) groups excluding carboxylic acids is 1. The maximum absolute atomic E-state index is 10.9. The van der Waals surface area contributed by atoms with Crippen LogP contribution in [-0.4, -0.2) is 24.6 Å². The van der Waals surface area contributed by atoms with Crippen LogP contribution in [0.5, 0.6) is 0 Å². The first-order valence-electron chi connectivity index (χ1n) is 5.96. The van der Waals surface area contributed by atoms with Crippen molar-refractivity contribution in [2.24, 2.45) is 0 Å². The molecule has 3 heteroatoms. The van der Waals surface area contributed by atoms with E-state index in [1.807, 2.05) is 18.8 Å². The van der Waals surface area contributed by atoms with Crippen molar-refractivity contribution in [2.75, 3.05) is 18.5 Å². The third kappa shape index (κ3) is 5.26. The van der Waals surface area contributed by atoms with E-state index in [-0.39, 0.29) is 5.78 Å². The van der Waals surface area contributed by atoms with E-state index in [0.717, 1.165) is 6.54 Å². The second-order valence-corrected chi connectivity index (χ2v) is 6.18. The molecule has 0 spiro atoms. The molecule has 94 valence electrons. The molecule has 0 aliphatic carbocycles. The third-order valence-corrected chi connectivity index (χ3v) is 3.46. The second kappa shape index (κ2) is 6.70. The van der Waals surface area contributed by atoms with Gasteiger partial charge in [-0.3, -0.25) is 4.79 Å². The molecule has 0 bridgehead atoms. The Morgan fingerprint density at radius 2 is 1.88 bits per heavy atom. The predicted molar refractivity (Wildman–Crippen MR) is 76.0 cm³/mol. The van der Waals surface area contributed by atoms with Gasteiger partial charge in [0.2, 0.25) is 0 Å². The number of rotatable bonds is 6. The predicted octanol–water partition coefficient (Wildman–Crippen LogP) is 3.60. The molecule has 0 aliphatic heterocycles. The lowest BCUT2D eigenvalue weighted by atomic mass is 10.2. The summed E-state index contributed by atoms with van der Waals surface area (Å²) in [7, 11) is 2.02. The Kier molecular flexibility index (Phi) is 5.56. The van der Waals surface area contributed by atoms with Gasteiger partial charge < -0.3 is 4.90 Å². The molecule has 0 unspecified atom stereocenters. The van der Waals surface area contributed by atoms with Gasteiger partial charge in [-0.1, -0.05) is 13.8 Å². The van der Waals surface area contributed by atoms with Crippen molar-refractivity contribution in [2.45, 2.75) is 37.3 Å². The molecule has 0 aliphatic rings. The molecule has 1 aromatic carbocycles. The minimum atomic E-state index is 0.240. The minimum absolute atomic E-state index is 0.240. The van der Waals surface area contributed by atoms with Crippen LogP contribution in [0.4, 0.5) is 5.69 Å². The summed E-state index contributed by atoms with van der Waals surface area (Å²) in [6.45, 7) is 6.80. The van der Waals surface area contributed by atoms with E-state index < -0.39 is 0 Å². The average Bonchev–Trinajstić information content (AvgIpc) is 2.26. The molecule has 17 heavy (non-hydrogen) atoms. The first-order chi connectivity index (χ1) is 7.99. The molecule has 1 rings (SSSR count). The fourth-order valence-corrected chi connectivity index (χ4v) is 2.34. The van der Waals surface area contributed by atoms with Gasteiger partial charge in [-0.15, -0.1) is 11.8 Å². The number of carbonyl (C=O) groups is 1. The maximum atomic E-state index is 10.9. The number of ketones is 1. The van der Waals surface area contributed by atoms with Crippen LogP contribution in [0.3, 0.4) is 0 Å². The van der Waals surface area contributed by atoms with E-state index in [1.165, 1.54) is 10.6 Å². The van der Waals surface area contributed by atoms with Crippen LogP contribution >= 0.6 is 11.8 Å². The molecule has 0 N–H and O–H groups in total. The van der Waals surface area contributed by atoms with Crippen molar-refractivity contribution in [1.82, 2.24) is 0 Å². The summed E-state index contributed by atoms with van der Waals surface area (Å²) in [5.41, 5.74) is 1.17. The van der Waals surface area contributed by atoms with Crippen molar-refractivity contribution in [1.29, 1.82) is 0 Å². The van der Waals surface area contributed by atoms with Gasteiger partial charge in [0.1, 0.15) is 5.78 Å². The summed E-state index contributed by atoms with van der Waals surface area (Å²) in [6.07, 6.45) is 0.610. The van der Waals surface area contributed by atoms with Crippen LogP contribution < -0.4 is 4.90 Å². The Labute approximate surface area is 108 Å². The van der Waals surface area contributed by atoms with Crippen LogP contribution in [0.1, 0.15) is 27.2 Å². The van der Waals surface area contributed by atoms with Crippen LogP contribution in [0.2, 0.25) is 0 Å². The second-order valence-electron chi connectivity index (χ2n) is 4.53. The number of Topliss-reactive ketones (excluding diaryl/α,β-unsaturated/α-hetero) is 1. The molecule has 0 fully saturated rings. The maximum Gasteiger partial charge on any atom is 0.131 e. The molecular weight excluding hydrogens is 230 g/mol. The molecule has 0 aromatic heterocycles. The third-order valence-electron chi connectivity index (χ3n) is 2.45. The quantitative estimate of drug-likeness (QED) is 0.720. The van der Waals surface area contributed by atoms with Crippen molar-refractivity contribution in [3.63, 3.8) is 0 Å². The number of thioether (sulfide) groups is 1. The van der Waals surface area contributed by atoms with Gasteiger partial charge in [0.05, 0.1) is 0 Å². The van der Waals surface area contributed by atoms with Gasteiger partial charge in [-0.25, -0.2) is 0 Å². The van der Waals surface area contributed by atoms with E-state index in [0.29, 0.717) is 11.7 Å². The Morgan fingerprint density at radius 3 is 2.35 bits per heavy atom. The molecular formula is C14H21NOS. The SMILES string of the molecule is CC(=O)CCN(C)c1ccc(SC(C)C)cc1. The molecule has 0 saturated carbocycles. The van der Waals surface area contributed by atoms with Gasteiger partial charge in [-0.2, -0.15) is 0 Å². The summed E-state index contributed by atoms with van der Waals surface area (Å²) >= 11 is 1.86. The summed E-state index contributed by atoms with van der Waals surface area (Å²) in [6, 6.07) is 8.52. The zero-order valence-electron chi connectivity index (χ0n) is 11.1. The fourth-order valence-electron chi connectivity index (χ4n) is 1.51. The molecule has 0 atom stereocenters. The molecule has 2 nitrogen and oxygen atoms in total. The van der Waals surface area contributed by atoms with Crippen LogP contribution in [0, 0.1) is 0 Å². The summed E-state index contributed by atoms with van der Waals surface area (Å²) in [5, 5.41) is 0.608. The number of hydrogen-bond acceptors (Lipinski definition) is 3. The van der Waals surface area contributed by atoms with Gasteiger partial charge in [0, 0.05) is 35.8 Å². The molecule has 0 radical (unpaired) electrons. The van der Waals surface area contributed by atoms with Crippen molar-refractivity contribution in [3.05, 3.63) is 24.3 Å². The summed E-state index contributed by atoms with van der Waals surface area (Å²) in [4.78, 5) is 14.3. The lowest BCUT2D eigenvalue weighted by molar-refractivity contribution is -0.116. The van der Waals surface area contributed by atoms with Gasteiger partial charge >= 0.3 is 0 Å². The highest BCUT2D eigenvalue weighted by atomic mass is 32.2. The zero-order chi connectivity index (χ0) is 12.8. The minimum Gasteiger partial charge on any atom is -0.374 e. The monoisotopic (exact) mass is 251 g/mol. The Bertz CT molecular complexity index is 359. The Morgan fingerprint density at radius 1 is 1.29 bits per heavy atom. The molecule has 1 aromatic rings. The first-order valence-corrected chi connectivity index (χ1v) is 6.84. The molecule has 0 saturated heterocycles. The van der Waals surface area contributed by atoms with Crippen LogP contribution in [0.15, 0.2) is 29.2 Å². The topological polar surface area (TPSA) is 20.3 Å².